The van der Waals surface area contributed by atoms with Gasteiger partial charge in [0, 0.05) is 12.1 Å². The van der Waals surface area contributed by atoms with Crippen molar-refractivity contribution < 1.29 is 28.0 Å². The predicted molar refractivity (Wildman–Crippen MR) is 85.1 cm³/mol. The average molecular weight is 352 g/mol. The van der Waals surface area contributed by atoms with Gasteiger partial charge in [-0.25, -0.2) is 0 Å². The second-order valence-corrected chi connectivity index (χ2v) is 4.89. The zero-order valence-corrected chi connectivity index (χ0v) is 13.1. The summed E-state index contributed by atoms with van der Waals surface area (Å²) < 4.78 is 33.5. The number of nitrogens with zero attached hydrogens (tertiary/aromatic N) is 1. The lowest BCUT2D eigenvalue weighted by molar-refractivity contribution is -0.384. The Balaban J connectivity index is 2.07. The summed E-state index contributed by atoms with van der Waals surface area (Å²) in [6.07, 6.45) is -0.0548. The van der Waals surface area contributed by atoms with Gasteiger partial charge >= 0.3 is 6.61 Å². The van der Waals surface area contributed by atoms with Crippen molar-refractivity contribution in [1.29, 1.82) is 0 Å². The first-order chi connectivity index (χ1) is 11.9. The van der Waals surface area contributed by atoms with Crippen LogP contribution in [0.1, 0.15) is 5.56 Å². The molecule has 132 valence electrons. The highest BCUT2D eigenvalue weighted by Gasteiger charge is 2.14. The number of carbonyl (C=O) groups is 1. The first kappa shape index (κ1) is 18.1. The first-order valence-corrected chi connectivity index (χ1v) is 7.05. The minimum atomic E-state index is -2.92. The molecule has 0 unspecified atom stereocenters. The maximum absolute atomic E-state index is 12.1. The summed E-state index contributed by atoms with van der Waals surface area (Å²) in [5.41, 5.74) is 0.535. The summed E-state index contributed by atoms with van der Waals surface area (Å²) in [6.45, 7) is -2.92. The van der Waals surface area contributed by atoms with E-state index in [1.165, 1.54) is 49.6 Å². The van der Waals surface area contributed by atoms with Crippen LogP contribution < -0.4 is 14.8 Å². The number of hydrogen-bond donors (Lipinski definition) is 1. The molecule has 2 aromatic carbocycles. The Morgan fingerprint density at radius 1 is 1.24 bits per heavy atom. The van der Waals surface area contributed by atoms with Crippen molar-refractivity contribution in [3.05, 3.63) is 58.1 Å². The van der Waals surface area contributed by atoms with Crippen LogP contribution in [-0.4, -0.2) is 24.6 Å². The molecule has 0 aliphatic heterocycles. The van der Waals surface area contributed by atoms with Gasteiger partial charge in [-0.1, -0.05) is 12.1 Å². The van der Waals surface area contributed by atoms with Crippen LogP contribution >= 0.6 is 0 Å². The summed E-state index contributed by atoms with van der Waals surface area (Å²) >= 11 is 0. The highest BCUT2D eigenvalue weighted by Crippen LogP contribution is 2.29. The van der Waals surface area contributed by atoms with Crippen molar-refractivity contribution in [2.24, 2.45) is 0 Å². The maximum atomic E-state index is 12.1. The van der Waals surface area contributed by atoms with Gasteiger partial charge in [-0.2, -0.15) is 8.78 Å². The van der Waals surface area contributed by atoms with Crippen LogP contribution in [0.5, 0.6) is 11.5 Å². The van der Waals surface area contributed by atoms with E-state index in [2.05, 4.69) is 10.1 Å². The molecule has 0 aliphatic rings. The van der Waals surface area contributed by atoms with E-state index in [1.807, 2.05) is 0 Å². The van der Waals surface area contributed by atoms with Crippen LogP contribution in [0.4, 0.5) is 20.2 Å². The van der Waals surface area contributed by atoms with Gasteiger partial charge in [0.2, 0.25) is 5.91 Å². The second kappa shape index (κ2) is 8.04. The number of anilines is 1. The molecular formula is C16H14F2N2O5. The average Bonchev–Trinajstić information content (AvgIpc) is 2.56. The Hall–Kier alpha value is -3.23. The zero-order chi connectivity index (χ0) is 18.4. The quantitative estimate of drug-likeness (QED) is 0.609. The lowest BCUT2D eigenvalue weighted by atomic mass is 10.1. The molecule has 0 bridgehead atoms. The van der Waals surface area contributed by atoms with Gasteiger partial charge in [-0.15, -0.1) is 0 Å². The van der Waals surface area contributed by atoms with Crippen molar-refractivity contribution in [2.45, 2.75) is 13.0 Å². The largest absolute Gasteiger partial charge is 0.495 e. The van der Waals surface area contributed by atoms with Crippen LogP contribution in [0.25, 0.3) is 0 Å². The lowest BCUT2D eigenvalue weighted by Crippen LogP contribution is -2.15. The third-order valence-electron chi connectivity index (χ3n) is 3.18. The van der Waals surface area contributed by atoms with Gasteiger partial charge in [0.05, 0.1) is 24.1 Å². The molecule has 0 saturated heterocycles. The molecule has 0 spiro atoms. The summed E-state index contributed by atoms with van der Waals surface area (Å²) in [5.74, 6) is -0.180. The van der Waals surface area contributed by atoms with E-state index in [1.54, 1.807) is 0 Å². The van der Waals surface area contributed by atoms with Crippen LogP contribution in [0.3, 0.4) is 0 Å². The van der Waals surface area contributed by atoms with Crippen molar-refractivity contribution in [1.82, 2.24) is 0 Å². The zero-order valence-electron chi connectivity index (χ0n) is 13.1. The van der Waals surface area contributed by atoms with E-state index in [4.69, 9.17) is 4.74 Å². The number of nitrogens with one attached hydrogen (secondary N) is 1. The number of alkyl halides is 2. The maximum Gasteiger partial charge on any atom is 0.387 e. The molecule has 1 amide bonds. The Morgan fingerprint density at radius 2 is 1.92 bits per heavy atom. The number of hydrogen-bond acceptors (Lipinski definition) is 5. The molecular weight excluding hydrogens is 338 g/mol. The number of amides is 1. The number of carbonyl (C=O) groups excluding carboxylic acids is 1. The van der Waals surface area contributed by atoms with E-state index >= 15 is 0 Å². The molecule has 0 atom stereocenters. The standard InChI is InChI=1S/C16H14F2N2O5/c1-24-14-7-4-11(20(22)23)9-13(14)19-15(21)8-10-2-5-12(6-3-10)25-16(17)18/h2-7,9,16H,8H2,1H3,(H,19,21). The van der Waals surface area contributed by atoms with Gasteiger partial charge in [0.25, 0.3) is 5.69 Å². The topological polar surface area (TPSA) is 90.7 Å². The number of methoxy groups -OCH3 is 1. The minimum absolute atomic E-state index is 0.0143. The molecule has 0 heterocycles. The molecule has 0 radical (unpaired) electrons. The van der Waals surface area contributed by atoms with Gasteiger partial charge in [-0.3, -0.25) is 14.9 Å². The molecule has 25 heavy (non-hydrogen) atoms. The van der Waals surface area contributed by atoms with Crippen LogP contribution in [0, 0.1) is 10.1 Å². The smallest absolute Gasteiger partial charge is 0.387 e. The number of halogens is 2. The number of rotatable bonds is 7. The number of ether oxygens (including phenoxy) is 2. The van der Waals surface area contributed by atoms with Crippen molar-refractivity contribution in [3.63, 3.8) is 0 Å². The van der Waals surface area contributed by atoms with Gasteiger partial charge in [0.15, 0.2) is 0 Å². The minimum Gasteiger partial charge on any atom is -0.495 e. The summed E-state index contributed by atoms with van der Waals surface area (Å²) in [7, 11) is 1.37. The fourth-order valence-electron chi connectivity index (χ4n) is 2.08. The molecule has 2 rings (SSSR count). The third kappa shape index (κ3) is 5.13. The number of non-ortho nitro benzene ring substituents is 1. The molecule has 0 aliphatic carbocycles. The Morgan fingerprint density at radius 3 is 2.48 bits per heavy atom. The summed E-state index contributed by atoms with van der Waals surface area (Å²) in [5, 5.41) is 13.4. The number of nitro benzene ring substituents is 1. The second-order valence-electron chi connectivity index (χ2n) is 4.89. The highest BCUT2D eigenvalue weighted by molar-refractivity contribution is 5.94. The van der Waals surface area contributed by atoms with E-state index in [9.17, 15) is 23.7 Å². The predicted octanol–water partition coefficient (Wildman–Crippen LogP) is 3.39. The summed E-state index contributed by atoms with van der Waals surface area (Å²) in [4.78, 5) is 22.3. The van der Waals surface area contributed by atoms with Crippen LogP contribution in [-0.2, 0) is 11.2 Å². The molecule has 0 aromatic heterocycles. The monoisotopic (exact) mass is 352 g/mol. The third-order valence-corrected chi connectivity index (χ3v) is 3.18. The molecule has 7 nitrogen and oxygen atoms in total. The fourth-order valence-corrected chi connectivity index (χ4v) is 2.08. The molecule has 1 N–H and O–H groups in total. The van der Waals surface area contributed by atoms with Crippen molar-refractivity contribution in [3.8, 4) is 11.5 Å². The lowest BCUT2D eigenvalue weighted by Gasteiger charge is -2.10. The molecule has 9 heteroatoms. The van der Waals surface area contributed by atoms with Crippen molar-refractivity contribution >= 4 is 17.3 Å². The number of nitro groups is 1. The van der Waals surface area contributed by atoms with E-state index < -0.39 is 17.4 Å². The number of benzene rings is 2. The first-order valence-electron chi connectivity index (χ1n) is 7.05. The normalized spacial score (nSPS) is 10.4. The molecule has 2 aromatic rings. The van der Waals surface area contributed by atoms with Crippen LogP contribution in [0.15, 0.2) is 42.5 Å². The van der Waals surface area contributed by atoms with Gasteiger partial charge in [-0.05, 0) is 23.8 Å². The van der Waals surface area contributed by atoms with Crippen LogP contribution in [0.2, 0.25) is 0 Å². The highest BCUT2D eigenvalue weighted by atomic mass is 19.3. The Labute approximate surface area is 141 Å². The van der Waals surface area contributed by atoms with E-state index in [-0.39, 0.29) is 29.3 Å². The fraction of sp³-hybridized carbons (Fsp3) is 0.188. The SMILES string of the molecule is COc1ccc([N+](=O)[O-])cc1NC(=O)Cc1ccc(OC(F)F)cc1. The van der Waals surface area contributed by atoms with E-state index in [0.29, 0.717) is 5.56 Å². The van der Waals surface area contributed by atoms with Crippen molar-refractivity contribution in [2.75, 3.05) is 12.4 Å². The Bertz CT molecular complexity index is 766. The van der Waals surface area contributed by atoms with E-state index in [0.717, 1.165) is 0 Å². The summed E-state index contributed by atoms with van der Waals surface area (Å²) in [6, 6.07) is 9.42. The molecule has 0 saturated carbocycles. The van der Waals surface area contributed by atoms with Gasteiger partial charge in [0.1, 0.15) is 11.5 Å². The van der Waals surface area contributed by atoms with Gasteiger partial charge < -0.3 is 14.8 Å². The molecule has 0 fully saturated rings. The Kier molecular flexibility index (Phi) is 5.83.